The van der Waals surface area contributed by atoms with Crippen molar-refractivity contribution in [2.24, 2.45) is 0 Å². The summed E-state index contributed by atoms with van der Waals surface area (Å²) in [6.07, 6.45) is 0. The van der Waals surface area contributed by atoms with E-state index in [0.717, 1.165) is 37.4 Å². The zero-order chi connectivity index (χ0) is 19.0. The Labute approximate surface area is 164 Å². The number of ether oxygens (including phenoxy) is 1. The molecule has 2 aromatic carbocycles. The fraction of sp³-hybridized carbons (Fsp3) is 0.368. The van der Waals surface area contributed by atoms with Crippen LogP contribution in [0.1, 0.15) is 5.56 Å². The molecule has 0 amide bonds. The van der Waals surface area contributed by atoms with Crippen LogP contribution in [0.2, 0.25) is 5.02 Å². The summed E-state index contributed by atoms with van der Waals surface area (Å²) in [4.78, 5) is 2.36. The predicted molar refractivity (Wildman–Crippen MR) is 108 cm³/mol. The zero-order valence-electron chi connectivity index (χ0n) is 15.1. The molecule has 1 N–H and O–H groups in total. The highest BCUT2D eigenvalue weighted by Gasteiger charge is 2.34. The number of hydrogen-bond acceptors (Lipinski definition) is 5. The maximum absolute atomic E-state index is 13.3. The first-order valence-electron chi connectivity index (χ1n) is 8.99. The fourth-order valence-corrected chi connectivity index (χ4v) is 5.52. The number of nitrogens with one attached hydrogen (secondary N) is 1. The summed E-state index contributed by atoms with van der Waals surface area (Å²) in [6, 6.07) is 10.5. The second-order valence-electron chi connectivity index (χ2n) is 6.73. The lowest BCUT2D eigenvalue weighted by molar-refractivity contribution is 0.315. The van der Waals surface area contributed by atoms with Crippen molar-refractivity contribution in [3.05, 3.63) is 47.0 Å². The first kappa shape index (κ1) is 18.4. The second-order valence-corrected chi connectivity index (χ2v) is 8.96. The molecule has 6 nitrogen and oxygen atoms in total. The molecule has 0 atom stereocenters. The third kappa shape index (κ3) is 3.35. The second kappa shape index (κ2) is 7.22. The molecule has 0 aliphatic carbocycles. The van der Waals surface area contributed by atoms with Crippen LogP contribution in [-0.2, 0) is 10.0 Å². The van der Waals surface area contributed by atoms with E-state index in [0.29, 0.717) is 18.0 Å². The Morgan fingerprint density at radius 2 is 1.78 bits per heavy atom. The molecule has 0 spiro atoms. The van der Waals surface area contributed by atoms with Crippen molar-refractivity contribution >= 4 is 33.0 Å². The molecule has 1 fully saturated rings. The Hall–Kier alpha value is -1.96. The van der Waals surface area contributed by atoms with E-state index in [2.05, 4.69) is 16.3 Å². The maximum Gasteiger partial charge on any atom is 0.266 e. The average molecular weight is 408 g/mol. The Bertz CT molecular complexity index is 959. The summed E-state index contributed by atoms with van der Waals surface area (Å²) in [6.45, 7) is 6.03. The van der Waals surface area contributed by atoms with Gasteiger partial charge in [0.25, 0.3) is 10.0 Å². The van der Waals surface area contributed by atoms with E-state index < -0.39 is 10.0 Å². The molecule has 4 rings (SSSR count). The first-order chi connectivity index (χ1) is 13.0. The predicted octanol–water partition coefficient (Wildman–Crippen LogP) is 2.65. The van der Waals surface area contributed by atoms with Crippen LogP contribution in [-0.4, -0.2) is 47.7 Å². The third-order valence-corrected chi connectivity index (χ3v) is 7.18. The van der Waals surface area contributed by atoms with E-state index in [1.54, 1.807) is 24.3 Å². The van der Waals surface area contributed by atoms with Gasteiger partial charge in [0.15, 0.2) is 5.75 Å². The number of piperazine rings is 1. The molecular formula is C19H22ClN3O3S. The van der Waals surface area contributed by atoms with Gasteiger partial charge >= 0.3 is 0 Å². The zero-order valence-corrected chi connectivity index (χ0v) is 16.7. The summed E-state index contributed by atoms with van der Waals surface area (Å²) in [5, 5.41) is 3.56. The number of hydrogen-bond donors (Lipinski definition) is 1. The Kier molecular flexibility index (Phi) is 4.92. The van der Waals surface area contributed by atoms with Crippen LogP contribution in [0, 0.1) is 6.92 Å². The molecule has 8 heteroatoms. The SMILES string of the molecule is Cc1cc(N2CCNCC2)c2c(c1)N(S(=O)(=O)c1ccccc1Cl)CCO2. The average Bonchev–Trinajstić information content (AvgIpc) is 2.67. The van der Waals surface area contributed by atoms with Gasteiger partial charge in [0.1, 0.15) is 11.5 Å². The normalized spacial score (nSPS) is 17.4. The molecule has 1 saturated heterocycles. The van der Waals surface area contributed by atoms with Gasteiger partial charge in [-0.25, -0.2) is 8.42 Å². The molecule has 2 aliphatic heterocycles. The molecule has 2 heterocycles. The molecule has 2 aliphatic rings. The van der Waals surface area contributed by atoms with Gasteiger partial charge in [-0.3, -0.25) is 4.31 Å². The highest BCUT2D eigenvalue weighted by Crippen LogP contribution is 2.44. The summed E-state index contributed by atoms with van der Waals surface area (Å²) in [7, 11) is -3.78. The van der Waals surface area contributed by atoms with Gasteiger partial charge in [-0.05, 0) is 36.8 Å². The van der Waals surface area contributed by atoms with Crippen molar-refractivity contribution in [1.29, 1.82) is 0 Å². The lowest BCUT2D eigenvalue weighted by Gasteiger charge is -2.36. The van der Waals surface area contributed by atoms with Crippen LogP contribution in [0.15, 0.2) is 41.3 Å². The van der Waals surface area contributed by atoms with Crippen molar-refractivity contribution in [2.75, 3.05) is 48.5 Å². The van der Waals surface area contributed by atoms with Crippen molar-refractivity contribution in [3.8, 4) is 5.75 Å². The smallest absolute Gasteiger partial charge is 0.266 e. The number of nitrogens with zero attached hydrogens (tertiary/aromatic N) is 2. The van der Waals surface area contributed by atoms with Gasteiger partial charge in [-0.2, -0.15) is 0 Å². The minimum absolute atomic E-state index is 0.116. The van der Waals surface area contributed by atoms with E-state index in [4.69, 9.17) is 16.3 Å². The lowest BCUT2D eigenvalue weighted by atomic mass is 10.1. The highest BCUT2D eigenvalue weighted by molar-refractivity contribution is 7.93. The molecule has 2 aromatic rings. The minimum atomic E-state index is -3.78. The van der Waals surface area contributed by atoms with Gasteiger partial charge in [-0.15, -0.1) is 0 Å². The number of halogens is 1. The number of aryl methyl sites for hydroxylation is 1. The highest BCUT2D eigenvalue weighted by atomic mass is 35.5. The monoisotopic (exact) mass is 407 g/mol. The van der Waals surface area contributed by atoms with Crippen LogP contribution >= 0.6 is 11.6 Å². The summed E-state index contributed by atoms with van der Waals surface area (Å²) < 4.78 is 34.0. The summed E-state index contributed by atoms with van der Waals surface area (Å²) in [5.41, 5.74) is 2.52. The largest absolute Gasteiger partial charge is 0.487 e. The number of fused-ring (bicyclic) bond motifs is 1. The summed E-state index contributed by atoms with van der Waals surface area (Å²) >= 11 is 6.19. The quantitative estimate of drug-likeness (QED) is 0.847. The summed E-state index contributed by atoms with van der Waals surface area (Å²) in [5.74, 6) is 0.629. The van der Waals surface area contributed by atoms with Crippen LogP contribution in [0.25, 0.3) is 0 Å². The van der Waals surface area contributed by atoms with Crippen LogP contribution in [0.3, 0.4) is 0 Å². The van der Waals surface area contributed by atoms with Crippen molar-refractivity contribution < 1.29 is 13.2 Å². The molecular weight excluding hydrogens is 386 g/mol. The molecule has 0 aromatic heterocycles. The van der Waals surface area contributed by atoms with Crippen LogP contribution in [0.4, 0.5) is 11.4 Å². The molecule has 0 unspecified atom stereocenters. The third-order valence-electron chi connectivity index (χ3n) is 4.87. The number of anilines is 2. The number of rotatable bonds is 3. The van der Waals surface area contributed by atoms with Crippen molar-refractivity contribution in [2.45, 2.75) is 11.8 Å². The van der Waals surface area contributed by atoms with Gasteiger partial charge in [0.2, 0.25) is 0 Å². The lowest BCUT2D eigenvalue weighted by Crippen LogP contribution is -2.44. The topological polar surface area (TPSA) is 61.9 Å². The number of benzene rings is 2. The van der Waals surface area contributed by atoms with Crippen LogP contribution in [0.5, 0.6) is 5.75 Å². The van der Waals surface area contributed by atoms with E-state index in [9.17, 15) is 8.42 Å². The molecule has 144 valence electrons. The standard InChI is InChI=1S/C19H22ClN3O3S/c1-14-12-16(22-8-6-21-7-9-22)19-17(13-14)23(10-11-26-19)27(24,25)18-5-3-2-4-15(18)20/h2-5,12-13,21H,6-11H2,1H3. The molecule has 0 bridgehead atoms. The Morgan fingerprint density at radius 1 is 1.07 bits per heavy atom. The van der Waals surface area contributed by atoms with Crippen molar-refractivity contribution in [3.63, 3.8) is 0 Å². The molecule has 0 saturated carbocycles. The van der Waals surface area contributed by atoms with E-state index in [-0.39, 0.29) is 16.5 Å². The van der Waals surface area contributed by atoms with E-state index in [1.807, 2.05) is 13.0 Å². The maximum atomic E-state index is 13.3. The van der Waals surface area contributed by atoms with E-state index >= 15 is 0 Å². The first-order valence-corrected chi connectivity index (χ1v) is 10.8. The molecule has 27 heavy (non-hydrogen) atoms. The fourth-order valence-electron chi connectivity index (χ4n) is 3.58. The van der Waals surface area contributed by atoms with Crippen molar-refractivity contribution in [1.82, 2.24) is 5.32 Å². The van der Waals surface area contributed by atoms with Gasteiger partial charge in [0, 0.05) is 26.2 Å². The van der Waals surface area contributed by atoms with Gasteiger partial charge in [0.05, 0.1) is 22.9 Å². The Balaban J connectivity index is 1.82. The van der Waals surface area contributed by atoms with Gasteiger partial charge < -0.3 is 15.0 Å². The minimum Gasteiger partial charge on any atom is -0.487 e. The number of sulfonamides is 1. The Morgan fingerprint density at radius 3 is 2.52 bits per heavy atom. The van der Waals surface area contributed by atoms with E-state index in [1.165, 1.54) is 4.31 Å². The van der Waals surface area contributed by atoms with Crippen LogP contribution < -0.4 is 19.3 Å². The molecule has 0 radical (unpaired) electrons. The van der Waals surface area contributed by atoms with Gasteiger partial charge in [-0.1, -0.05) is 23.7 Å².